The third kappa shape index (κ3) is 4.09. The van der Waals surface area contributed by atoms with Crippen LogP contribution in [0.1, 0.15) is 17.3 Å². The molecule has 2 fully saturated rings. The van der Waals surface area contributed by atoms with Crippen molar-refractivity contribution in [2.45, 2.75) is 6.92 Å². The number of nitrogens with zero attached hydrogens (tertiary/aromatic N) is 6. The number of carbonyl (C=O) groups excluding carboxylic acids is 1. The summed E-state index contributed by atoms with van der Waals surface area (Å²) in [6, 6.07) is 13.6. The van der Waals surface area contributed by atoms with E-state index in [0.717, 1.165) is 63.0 Å². The summed E-state index contributed by atoms with van der Waals surface area (Å²) >= 11 is 0. The van der Waals surface area contributed by atoms with Crippen molar-refractivity contribution >= 4 is 17.5 Å². The molecule has 1 aromatic carbocycles. The van der Waals surface area contributed by atoms with Crippen LogP contribution in [0.3, 0.4) is 0 Å². The summed E-state index contributed by atoms with van der Waals surface area (Å²) in [6.07, 6.45) is 0. The summed E-state index contributed by atoms with van der Waals surface area (Å²) in [5.41, 5.74) is 0.753. The first-order chi connectivity index (χ1) is 13.7. The SMILES string of the molecule is CCN1CCN(c2ccc(N3CCN(C(=O)c4ccccc4)CC3)nn2)CC1. The van der Waals surface area contributed by atoms with E-state index in [1.807, 2.05) is 35.2 Å². The molecule has 7 nitrogen and oxygen atoms in total. The molecule has 0 atom stereocenters. The Morgan fingerprint density at radius 1 is 0.786 bits per heavy atom. The summed E-state index contributed by atoms with van der Waals surface area (Å²) in [7, 11) is 0. The highest BCUT2D eigenvalue weighted by Gasteiger charge is 2.23. The highest BCUT2D eigenvalue weighted by molar-refractivity contribution is 5.94. The minimum Gasteiger partial charge on any atom is -0.353 e. The van der Waals surface area contributed by atoms with Crippen molar-refractivity contribution in [1.29, 1.82) is 0 Å². The number of piperazine rings is 2. The van der Waals surface area contributed by atoms with Gasteiger partial charge in [0.15, 0.2) is 11.6 Å². The second kappa shape index (κ2) is 8.56. The molecule has 0 aliphatic carbocycles. The molecule has 1 aromatic heterocycles. The number of aromatic nitrogens is 2. The van der Waals surface area contributed by atoms with Crippen LogP contribution >= 0.6 is 0 Å². The predicted octanol–water partition coefficient (Wildman–Crippen LogP) is 1.58. The molecule has 1 amide bonds. The van der Waals surface area contributed by atoms with Gasteiger partial charge in [-0.05, 0) is 30.8 Å². The second-order valence-electron chi connectivity index (χ2n) is 7.32. The number of hydrogen-bond acceptors (Lipinski definition) is 6. The third-order valence-electron chi connectivity index (χ3n) is 5.69. The van der Waals surface area contributed by atoms with Crippen molar-refractivity contribution < 1.29 is 4.79 Å². The normalized spacial score (nSPS) is 18.4. The van der Waals surface area contributed by atoms with Crippen LogP contribution in [0.15, 0.2) is 42.5 Å². The van der Waals surface area contributed by atoms with Crippen molar-refractivity contribution in [1.82, 2.24) is 20.0 Å². The Morgan fingerprint density at radius 2 is 1.32 bits per heavy atom. The molecule has 2 aromatic rings. The van der Waals surface area contributed by atoms with Crippen molar-refractivity contribution in [3.8, 4) is 0 Å². The molecule has 0 unspecified atom stereocenters. The van der Waals surface area contributed by atoms with Crippen LogP contribution in [0.5, 0.6) is 0 Å². The van der Waals surface area contributed by atoms with Crippen LogP contribution < -0.4 is 9.80 Å². The molecule has 0 saturated carbocycles. The zero-order chi connectivity index (χ0) is 19.3. The van der Waals surface area contributed by atoms with Crippen LogP contribution in [-0.4, -0.2) is 84.8 Å². The van der Waals surface area contributed by atoms with Crippen LogP contribution in [-0.2, 0) is 0 Å². The van der Waals surface area contributed by atoms with Crippen molar-refractivity contribution in [3.63, 3.8) is 0 Å². The summed E-state index contributed by atoms with van der Waals surface area (Å²) in [5.74, 6) is 1.95. The van der Waals surface area contributed by atoms with E-state index < -0.39 is 0 Å². The second-order valence-corrected chi connectivity index (χ2v) is 7.32. The standard InChI is InChI=1S/C21H28N6O/c1-2-24-10-12-25(13-11-24)19-8-9-20(23-22-19)26-14-16-27(17-15-26)21(28)18-6-4-3-5-7-18/h3-9H,2,10-17H2,1H3. The maximum absolute atomic E-state index is 12.6. The van der Waals surface area contributed by atoms with E-state index in [4.69, 9.17) is 0 Å². The average Bonchev–Trinajstić information content (AvgIpc) is 2.79. The Kier molecular flexibility index (Phi) is 5.71. The number of carbonyl (C=O) groups is 1. The molecular weight excluding hydrogens is 352 g/mol. The summed E-state index contributed by atoms with van der Waals surface area (Å²) in [6.45, 7) is 10.4. The fourth-order valence-corrected chi connectivity index (χ4v) is 3.85. The Morgan fingerprint density at radius 3 is 1.82 bits per heavy atom. The van der Waals surface area contributed by atoms with E-state index >= 15 is 0 Å². The monoisotopic (exact) mass is 380 g/mol. The van der Waals surface area contributed by atoms with E-state index in [-0.39, 0.29) is 5.91 Å². The molecule has 4 rings (SSSR count). The van der Waals surface area contributed by atoms with Gasteiger partial charge in [0.2, 0.25) is 0 Å². The van der Waals surface area contributed by atoms with Gasteiger partial charge in [0, 0.05) is 57.9 Å². The smallest absolute Gasteiger partial charge is 0.253 e. The van der Waals surface area contributed by atoms with Crippen LogP contribution in [0, 0.1) is 0 Å². The molecule has 28 heavy (non-hydrogen) atoms. The molecule has 148 valence electrons. The fourth-order valence-electron chi connectivity index (χ4n) is 3.85. The van der Waals surface area contributed by atoms with E-state index in [0.29, 0.717) is 13.1 Å². The zero-order valence-corrected chi connectivity index (χ0v) is 16.5. The average molecular weight is 380 g/mol. The van der Waals surface area contributed by atoms with Gasteiger partial charge in [-0.15, -0.1) is 10.2 Å². The predicted molar refractivity (Wildman–Crippen MR) is 111 cm³/mol. The third-order valence-corrected chi connectivity index (χ3v) is 5.69. The lowest BCUT2D eigenvalue weighted by molar-refractivity contribution is 0.0746. The Bertz CT molecular complexity index is 765. The number of hydrogen-bond donors (Lipinski definition) is 0. The quantitative estimate of drug-likeness (QED) is 0.803. The Labute approximate surface area is 166 Å². The lowest BCUT2D eigenvalue weighted by Crippen LogP contribution is -2.49. The van der Waals surface area contributed by atoms with Gasteiger partial charge in [0.25, 0.3) is 5.91 Å². The van der Waals surface area contributed by atoms with Gasteiger partial charge in [-0.2, -0.15) is 0 Å². The Hall–Kier alpha value is -2.67. The largest absolute Gasteiger partial charge is 0.353 e. The lowest BCUT2D eigenvalue weighted by atomic mass is 10.2. The number of amides is 1. The minimum absolute atomic E-state index is 0.105. The van der Waals surface area contributed by atoms with E-state index in [9.17, 15) is 4.79 Å². The van der Waals surface area contributed by atoms with Crippen LogP contribution in [0.2, 0.25) is 0 Å². The molecular formula is C21H28N6O. The van der Waals surface area contributed by atoms with Gasteiger partial charge < -0.3 is 19.6 Å². The van der Waals surface area contributed by atoms with Crippen molar-refractivity contribution in [3.05, 3.63) is 48.0 Å². The zero-order valence-electron chi connectivity index (χ0n) is 16.5. The van der Waals surface area contributed by atoms with Gasteiger partial charge in [0.05, 0.1) is 0 Å². The molecule has 2 aliphatic heterocycles. The maximum Gasteiger partial charge on any atom is 0.253 e. The molecule has 2 saturated heterocycles. The number of anilines is 2. The molecule has 3 heterocycles. The van der Waals surface area contributed by atoms with Crippen molar-refractivity contribution in [2.75, 3.05) is 68.7 Å². The number of likely N-dealkylation sites (N-methyl/N-ethyl adjacent to an activating group) is 1. The molecule has 0 spiro atoms. The minimum atomic E-state index is 0.105. The van der Waals surface area contributed by atoms with Gasteiger partial charge in [-0.3, -0.25) is 4.79 Å². The van der Waals surface area contributed by atoms with Gasteiger partial charge >= 0.3 is 0 Å². The van der Waals surface area contributed by atoms with Crippen LogP contribution in [0.4, 0.5) is 11.6 Å². The van der Waals surface area contributed by atoms with Gasteiger partial charge in [-0.1, -0.05) is 25.1 Å². The van der Waals surface area contributed by atoms with Crippen molar-refractivity contribution in [2.24, 2.45) is 0 Å². The van der Waals surface area contributed by atoms with Gasteiger partial charge in [-0.25, -0.2) is 0 Å². The maximum atomic E-state index is 12.6. The Balaban J connectivity index is 1.32. The van der Waals surface area contributed by atoms with E-state index in [1.54, 1.807) is 0 Å². The van der Waals surface area contributed by atoms with E-state index in [2.05, 4.69) is 44.0 Å². The summed E-state index contributed by atoms with van der Waals surface area (Å²) < 4.78 is 0. The molecule has 0 bridgehead atoms. The molecule has 7 heteroatoms. The number of rotatable bonds is 4. The molecule has 0 N–H and O–H groups in total. The van der Waals surface area contributed by atoms with E-state index in [1.165, 1.54) is 0 Å². The van der Waals surface area contributed by atoms with Crippen LogP contribution in [0.25, 0.3) is 0 Å². The highest BCUT2D eigenvalue weighted by atomic mass is 16.2. The molecule has 2 aliphatic rings. The first-order valence-corrected chi connectivity index (χ1v) is 10.1. The molecule has 0 radical (unpaired) electrons. The lowest BCUT2D eigenvalue weighted by Gasteiger charge is -2.36. The first kappa shape index (κ1) is 18.7. The fraction of sp³-hybridized carbons (Fsp3) is 0.476. The highest BCUT2D eigenvalue weighted by Crippen LogP contribution is 2.18. The van der Waals surface area contributed by atoms with Gasteiger partial charge in [0.1, 0.15) is 0 Å². The summed E-state index contributed by atoms with van der Waals surface area (Å²) in [5, 5.41) is 8.93. The topological polar surface area (TPSA) is 55.8 Å². The summed E-state index contributed by atoms with van der Waals surface area (Å²) in [4.78, 5) is 21.5. The first-order valence-electron chi connectivity index (χ1n) is 10.1. The number of benzene rings is 1.